The third kappa shape index (κ3) is 2.74. The second kappa shape index (κ2) is 3.48. The second-order valence-corrected chi connectivity index (χ2v) is 3.76. The first-order valence-electron chi connectivity index (χ1n) is 3.38. The van der Waals surface area contributed by atoms with Crippen molar-refractivity contribution in [2.45, 2.75) is 6.42 Å². The summed E-state index contributed by atoms with van der Waals surface area (Å²) in [7, 11) is -3.99. The van der Waals surface area contributed by atoms with E-state index in [0.29, 0.717) is 6.54 Å². The topological polar surface area (TPSA) is 69.6 Å². The van der Waals surface area contributed by atoms with Gasteiger partial charge in [0.15, 0.2) is 0 Å². The van der Waals surface area contributed by atoms with Crippen molar-refractivity contribution in [3.8, 4) is 0 Å². The maximum Gasteiger partial charge on any atom is 0.335 e. The maximum absolute atomic E-state index is 10.6. The van der Waals surface area contributed by atoms with Crippen LogP contribution in [0.4, 0.5) is 0 Å². The normalized spacial score (nSPS) is 23.0. The number of hydrogen-bond acceptors (Lipinski definition) is 3. The molecule has 0 aromatic carbocycles. The quantitative estimate of drug-likeness (QED) is 0.519. The van der Waals surface area contributed by atoms with Crippen LogP contribution < -0.4 is 5.32 Å². The monoisotopic (exact) mass is 179 g/mol. The van der Waals surface area contributed by atoms with Crippen molar-refractivity contribution in [2.24, 2.45) is 0 Å². The lowest BCUT2D eigenvalue weighted by Crippen LogP contribution is -2.31. The van der Waals surface area contributed by atoms with Crippen LogP contribution >= 0.6 is 0 Å². The highest BCUT2D eigenvalue weighted by Crippen LogP contribution is 2.01. The summed E-state index contributed by atoms with van der Waals surface area (Å²) in [6.07, 6.45) is 0.719. The Morgan fingerprint density at radius 1 is 1.55 bits per heavy atom. The largest absolute Gasteiger partial charge is 0.335 e. The van der Waals surface area contributed by atoms with Crippen molar-refractivity contribution >= 4 is 10.3 Å². The molecule has 1 rings (SSSR count). The SMILES string of the molecule is O=S(=O)(O)N1C[CH]NCCC1. The van der Waals surface area contributed by atoms with Crippen LogP contribution in [0.1, 0.15) is 6.42 Å². The molecule has 1 aliphatic heterocycles. The molecule has 0 saturated carbocycles. The van der Waals surface area contributed by atoms with Crippen LogP contribution in [0.5, 0.6) is 0 Å². The molecular formula is C5H11N2O3S. The standard InChI is InChI=1S/C5H11N2O3S/c8-11(9,10)7-4-1-2-6-3-5-7/h3,6H,1-2,4-5H2,(H,8,9,10). The number of nitrogens with one attached hydrogen (secondary N) is 1. The lowest BCUT2D eigenvalue weighted by molar-refractivity contribution is 0.370. The van der Waals surface area contributed by atoms with Gasteiger partial charge in [0.2, 0.25) is 0 Å². The first kappa shape index (κ1) is 8.92. The van der Waals surface area contributed by atoms with Crippen LogP contribution in [0.2, 0.25) is 0 Å². The molecule has 0 aliphatic carbocycles. The van der Waals surface area contributed by atoms with E-state index in [1.54, 1.807) is 6.54 Å². The minimum Gasteiger partial charge on any atom is -0.311 e. The highest BCUT2D eigenvalue weighted by molar-refractivity contribution is 7.83. The van der Waals surface area contributed by atoms with E-state index in [1.165, 1.54) is 0 Å². The number of hydrogen-bond donors (Lipinski definition) is 2. The van der Waals surface area contributed by atoms with E-state index in [2.05, 4.69) is 5.32 Å². The van der Waals surface area contributed by atoms with Gasteiger partial charge in [-0.25, -0.2) is 0 Å². The van der Waals surface area contributed by atoms with Gasteiger partial charge >= 0.3 is 10.3 Å². The summed E-state index contributed by atoms with van der Waals surface area (Å²) in [4.78, 5) is 0. The smallest absolute Gasteiger partial charge is 0.311 e. The summed E-state index contributed by atoms with van der Waals surface area (Å²) >= 11 is 0. The molecule has 6 heteroatoms. The van der Waals surface area contributed by atoms with Crippen LogP contribution in [0.25, 0.3) is 0 Å². The molecule has 1 saturated heterocycles. The Hall–Kier alpha value is -0.170. The molecule has 0 spiro atoms. The Labute approximate surface area is 66.3 Å². The summed E-state index contributed by atoms with van der Waals surface area (Å²) in [6, 6.07) is 0. The summed E-state index contributed by atoms with van der Waals surface area (Å²) in [5.41, 5.74) is 0. The van der Waals surface area contributed by atoms with E-state index in [9.17, 15) is 8.42 Å². The van der Waals surface area contributed by atoms with Gasteiger partial charge in [0.05, 0.1) is 0 Å². The van der Waals surface area contributed by atoms with Gasteiger partial charge in [0.25, 0.3) is 0 Å². The van der Waals surface area contributed by atoms with Crippen molar-refractivity contribution in [2.75, 3.05) is 19.6 Å². The Morgan fingerprint density at radius 3 is 2.91 bits per heavy atom. The lowest BCUT2D eigenvalue weighted by Gasteiger charge is -2.13. The molecule has 0 aromatic heterocycles. The zero-order chi connectivity index (χ0) is 8.32. The predicted molar refractivity (Wildman–Crippen MR) is 40.0 cm³/mol. The Morgan fingerprint density at radius 2 is 2.27 bits per heavy atom. The van der Waals surface area contributed by atoms with Crippen molar-refractivity contribution in [1.82, 2.24) is 9.62 Å². The zero-order valence-corrected chi connectivity index (χ0v) is 6.84. The molecule has 11 heavy (non-hydrogen) atoms. The third-order valence-electron chi connectivity index (χ3n) is 1.49. The molecule has 1 heterocycles. The first-order chi connectivity index (χ1) is 5.11. The number of nitrogens with zero attached hydrogens (tertiary/aromatic N) is 1. The minimum atomic E-state index is -3.99. The average Bonchev–Trinajstić information content (AvgIpc) is 2.10. The fraction of sp³-hybridized carbons (Fsp3) is 0.800. The van der Waals surface area contributed by atoms with Gasteiger partial charge in [-0.1, -0.05) is 0 Å². The molecular weight excluding hydrogens is 168 g/mol. The molecule has 65 valence electrons. The van der Waals surface area contributed by atoms with Gasteiger partial charge < -0.3 is 5.32 Å². The van der Waals surface area contributed by atoms with E-state index in [1.807, 2.05) is 0 Å². The summed E-state index contributed by atoms with van der Waals surface area (Å²) in [6.45, 7) is 2.99. The molecule has 0 aromatic rings. The Bertz CT molecular complexity index is 206. The van der Waals surface area contributed by atoms with Gasteiger partial charge in [0.1, 0.15) is 0 Å². The molecule has 0 bridgehead atoms. The van der Waals surface area contributed by atoms with Crippen molar-refractivity contribution < 1.29 is 13.0 Å². The van der Waals surface area contributed by atoms with Crippen LogP contribution in [-0.2, 0) is 10.3 Å². The van der Waals surface area contributed by atoms with E-state index in [4.69, 9.17) is 4.55 Å². The third-order valence-corrected chi connectivity index (χ3v) is 2.48. The second-order valence-electron chi connectivity index (χ2n) is 2.35. The molecule has 0 atom stereocenters. The fourth-order valence-electron chi connectivity index (χ4n) is 0.927. The first-order valence-corrected chi connectivity index (χ1v) is 4.78. The van der Waals surface area contributed by atoms with E-state index < -0.39 is 10.3 Å². The minimum absolute atomic E-state index is 0.235. The highest BCUT2D eigenvalue weighted by Gasteiger charge is 2.19. The van der Waals surface area contributed by atoms with Crippen LogP contribution in [0.3, 0.4) is 0 Å². The van der Waals surface area contributed by atoms with Gasteiger partial charge in [0, 0.05) is 19.6 Å². The predicted octanol–water partition coefficient (Wildman–Crippen LogP) is -0.754. The van der Waals surface area contributed by atoms with Gasteiger partial charge in [-0.2, -0.15) is 12.7 Å². The van der Waals surface area contributed by atoms with Gasteiger partial charge in [-0.05, 0) is 13.0 Å². The Balaban J connectivity index is 2.57. The van der Waals surface area contributed by atoms with Crippen molar-refractivity contribution in [3.05, 3.63) is 6.54 Å². The van der Waals surface area contributed by atoms with E-state index in [0.717, 1.165) is 17.3 Å². The Kier molecular flexibility index (Phi) is 2.83. The summed E-state index contributed by atoms with van der Waals surface area (Å²) in [5, 5.41) is 2.91. The summed E-state index contributed by atoms with van der Waals surface area (Å²) in [5.74, 6) is 0. The highest BCUT2D eigenvalue weighted by atomic mass is 32.2. The zero-order valence-electron chi connectivity index (χ0n) is 6.02. The van der Waals surface area contributed by atoms with Crippen molar-refractivity contribution in [1.29, 1.82) is 0 Å². The fourth-order valence-corrected chi connectivity index (χ4v) is 1.55. The molecule has 1 fully saturated rings. The molecule has 1 radical (unpaired) electrons. The number of rotatable bonds is 1. The van der Waals surface area contributed by atoms with Crippen molar-refractivity contribution in [3.63, 3.8) is 0 Å². The summed E-state index contributed by atoms with van der Waals surface area (Å²) < 4.78 is 30.8. The van der Waals surface area contributed by atoms with E-state index >= 15 is 0 Å². The van der Waals surface area contributed by atoms with Crippen LogP contribution in [0, 0.1) is 6.54 Å². The van der Waals surface area contributed by atoms with Gasteiger partial charge in [-0.15, -0.1) is 0 Å². The van der Waals surface area contributed by atoms with Crippen LogP contribution in [-0.4, -0.2) is 36.9 Å². The lowest BCUT2D eigenvalue weighted by atomic mass is 10.4. The molecule has 0 unspecified atom stereocenters. The maximum atomic E-state index is 10.6. The molecule has 5 nitrogen and oxygen atoms in total. The van der Waals surface area contributed by atoms with Crippen LogP contribution in [0.15, 0.2) is 0 Å². The van der Waals surface area contributed by atoms with Gasteiger partial charge in [-0.3, -0.25) is 4.55 Å². The molecule has 0 amide bonds. The average molecular weight is 179 g/mol. The molecule has 1 aliphatic rings. The van der Waals surface area contributed by atoms with E-state index in [-0.39, 0.29) is 6.54 Å². The molecule has 2 N–H and O–H groups in total.